The predicted octanol–water partition coefficient (Wildman–Crippen LogP) is 3.93. The van der Waals surface area contributed by atoms with Gasteiger partial charge in [-0.15, -0.1) is 0 Å². The Hall–Kier alpha value is -1.09. The highest BCUT2D eigenvalue weighted by Crippen LogP contribution is 2.35. The molecule has 1 atom stereocenters. The molecule has 0 saturated carbocycles. The first-order chi connectivity index (χ1) is 7.68. The van der Waals surface area contributed by atoms with E-state index in [-0.39, 0.29) is 0 Å². The lowest BCUT2D eigenvalue weighted by atomic mass is 9.85. The van der Waals surface area contributed by atoms with Crippen LogP contribution in [0.3, 0.4) is 0 Å². The van der Waals surface area contributed by atoms with Gasteiger partial charge in [-0.3, -0.25) is 0 Å². The Labute approximate surface area is 103 Å². The monoisotopic (exact) mass is 280 g/mol. The topological polar surface area (TPSA) is 37.3 Å². The molecule has 1 N–H and O–H groups in total. The number of rotatable bonds is 2. The standard InChI is InChI=1S/C13H13BrO2/c14-10-7-5-9(6-8-10)11-3-1-2-4-12(11)13(15)16/h1-4,7,9H,5-6,8H2,(H,15,16). The van der Waals surface area contributed by atoms with E-state index in [1.807, 2.05) is 12.1 Å². The Morgan fingerprint density at radius 3 is 2.75 bits per heavy atom. The van der Waals surface area contributed by atoms with E-state index in [0.29, 0.717) is 11.5 Å². The van der Waals surface area contributed by atoms with Crippen LogP contribution in [0.2, 0.25) is 0 Å². The summed E-state index contributed by atoms with van der Waals surface area (Å²) >= 11 is 3.48. The fourth-order valence-corrected chi connectivity index (χ4v) is 2.55. The van der Waals surface area contributed by atoms with Crippen LogP contribution in [0.1, 0.15) is 41.1 Å². The maximum absolute atomic E-state index is 11.1. The first-order valence-electron chi connectivity index (χ1n) is 5.35. The third kappa shape index (κ3) is 2.35. The lowest BCUT2D eigenvalue weighted by Gasteiger charge is -2.21. The molecule has 0 bridgehead atoms. The van der Waals surface area contributed by atoms with Crippen molar-refractivity contribution in [2.75, 3.05) is 0 Å². The third-order valence-corrected chi connectivity index (χ3v) is 3.71. The van der Waals surface area contributed by atoms with Crippen molar-refractivity contribution < 1.29 is 9.90 Å². The van der Waals surface area contributed by atoms with E-state index >= 15 is 0 Å². The van der Waals surface area contributed by atoms with Crippen molar-refractivity contribution in [3.05, 3.63) is 46.0 Å². The number of carboxylic acid groups (broad SMARTS) is 1. The van der Waals surface area contributed by atoms with Gasteiger partial charge in [0.2, 0.25) is 0 Å². The fourth-order valence-electron chi connectivity index (χ4n) is 2.13. The highest BCUT2D eigenvalue weighted by Gasteiger charge is 2.20. The Bertz CT molecular complexity index is 437. The SMILES string of the molecule is O=C(O)c1ccccc1C1CC=C(Br)CC1. The first-order valence-corrected chi connectivity index (χ1v) is 6.14. The second kappa shape index (κ2) is 4.83. The molecule has 0 heterocycles. The van der Waals surface area contributed by atoms with Crippen molar-refractivity contribution in [2.45, 2.75) is 25.2 Å². The van der Waals surface area contributed by atoms with Gasteiger partial charge in [0.25, 0.3) is 0 Å². The van der Waals surface area contributed by atoms with Crippen molar-refractivity contribution >= 4 is 21.9 Å². The Kier molecular flexibility index (Phi) is 3.44. The number of carbonyl (C=O) groups is 1. The summed E-state index contributed by atoms with van der Waals surface area (Å²) in [5.41, 5.74) is 1.41. The molecule has 0 amide bonds. The van der Waals surface area contributed by atoms with Crippen LogP contribution in [0.15, 0.2) is 34.8 Å². The highest BCUT2D eigenvalue weighted by molar-refractivity contribution is 9.11. The molecule has 0 spiro atoms. The molecule has 1 aromatic rings. The average molecular weight is 281 g/mol. The minimum Gasteiger partial charge on any atom is -0.478 e. The maximum Gasteiger partial charge on any atom is 0.335 e. The molecule has 84 valence electrons. The van der Waals surface area contributed by atoms with Gasteiger partial charge in [-0.2, -0.15) is 0 Å². The molecule has 1 aliphatic carbocycles. The van der Waals surface area contributed by atoms with E-state index < -0.39 is 5.97 Å². The Morgan fingerprint density at radius 1 is 1.38 bits per heavy atom. The van der Waals surface area contributed by atoms with E-state index in [1.54, 1.807) is 12.1 Å². The summed E-state index contributed by atoms with van der Waals surface area (Å²) in [5, 5.41) is 9.12. The summed E-state index contributed by atoms with van der Waals surface area (Å²) in [6.45, 7) is 0. The number of hydrogen-bond acceptors (Lipinski definition) is 1. The highest BCUT2D eigenvalue weighted by atomic mass is 79.9. The van der Waals surface area contributed by atoms with E-state index in [4.69, 9.17) is 5.11 Å². The van der Waals surface area contributed by atoms with Gasteiger partial charge in [-0.25, -0.2) is 4.79 Å². The minimum atomic E-state index is -0.829. The van der Waals surface area contributed by atoms with Crippen molar-refractivity contribution in [1.29, 1.82) is 0 Å². The number of allylic oxidation sites excluding steroid dienone is 2. The number of benzene rings is 1. The maximum atomic E-state index is 11.1. The van der Waals surface area contributed by atoms with Gasteiger partial charge in [-0.05, 0) is 41.3 Å². The van der Waals surface area contributed by atoms with Gasteiger partial charge >= 0.3 is 5.97 Å². The Balaban J connectivity index is 2.30. The molecule has 1 aromatic carbocycles. The van der Waals surface area contributed by atoms with E-state index in [9.17, 15) is 4.79 Å². The summed E-state index contributed by atoms with van der Waals surface area (Å²) in [7, 11) is 0. The second-order valence-corrected chi connectivity index (χ2v) is 5.03. The van der Waals surface area contributed by atoms with Gasteiger partial charge in [0.1, 0.15) is 0 Å². The van der Waals surface area contributed by atoms with Gasteiger partial charge in [0.15, 0.2) is 0 Å². The second-order valence-electron chi connectivity index (χ2n) is 4.01. The predicted molar refractivity (Wildman–Crippen MR) is 67.0 cm³/mol. The summed E-state index contributed by atoms with van der Waals surface area (Å²) in [5.74, 6) is -0.488. The number of aromatic carboxylic acids is 1. The van der Waals surface area contributed by atoms with Crippen molar-refractivity contribution in [2.24, 2.45) is 0 Å². The zero-order valence-electron chi connectivity index (χ0n) is 8.82. The lowest BCUT2D eigenvalue weighted by Crippen LogP contribution is -2.09. The van der Waals surface area contributed by atoms with Gasteiger partial charge in [0, 0.05) is 0 Å². The molecule has 1 unspecified atom stereocenters. The summed E-state index contributed by atoms with van der Waals surface area (Å²) < 4.78 is 1.23. The number of halogens is 1. The smallest absolute Gasteiger partial charge is 0.335 e. The van der Waals surface area contributed by atoms with Crippen LogP contribution in [0.5, 0.6) is 0 Å². The molecule has 2 nitrogen and oxygen atoms in total. The molecule has 16 heavy (non-hydrogen) atoms. The molecule has 0 radical (unpaired) electrons. The summed E-state index contributed by atoms with van der Waals surface area (Å²) in [6.07, 6.45) is 5.08. The Morgan fingerprint density at radius 2 is 2.12 bits per heavy atom. The van der Waals surface area contributed by atoms with Gasteiger partial charge < -0.3 is 5.11 Å². The minimum absolute atomic E-state index is 0.341. The van der Waals surface area contributed by atoms with Crippen LogP contribution in [0, 0.1) is 0 Å². The molecular weight excluding hydrogens is 268 g/mol. The number of hydrogen-bond donors (Lipinski definition) is 1. The molecule has 0 fully saturated rings. The fraction of sp³-hybridized carbons (Fsp3) is 0.308. The number of carboxylic acids is 1. The van der Waals surface area contributed by atoms with Crippen LogP contribution in [0.25, 0.3) is 0 Å². The van der Waals surface area contributed by atoms with Crippen LogP contribution in [-0.4, -0.2) is 11.1 Å². The zero-order chi connectivity index (χ0) is 11.5. The molecular formula is C13H13BrO2. The normalized spacial score (nSPS) is 20.3. The van der Waals surface area contributed by atoms with Gasteiger partial charge in [-0.1, -0.05) is 40.2 Å². The van der Waals surface area contributed by atoms with Crippen LogP contribution in [0.4, 0.5) is 0 Å². The molecule has 3 heteroatoms. The molecule has 2 rings (SSSR count). The van der Waals surface area contributed by atoms with E-state index in [0.717, 1.165) is 24.8 Å². The molecule has 1 aliphatic rings. The zero-order valence-corrected chi connectivity index (χ0v) is 10.4. The largest absolute Gasteiger partial charge is 0.478 e. The van der Waals surface area contributed by atoms with E-state index in [2.05, 4.69) is 22.0 Å². The molecule has 0 aromatic heterocycles. The summed E-state index contributed by atoms with van der Waals surface area (Å²) in [6, 6.07) is 7.31. The third-order valence-electron chi connectivity index (χ3n) is 2.99. The molecule has 0 saturated heterocycles. The quantitative estimate of drug-likeness (QED) is 0.891. The first kappa shape index (κ1) is 11.4. The van der Waals surface area contributed by atoms with Crippen molar-refractivity contribution in [3.8, 4) is 0 Å². The summed E-state index contributed by atoms with van der Waals surface area (Å²) in [4.78, 5) is 11.1. The van der Waals surface area contributed by atoms with Gasteiger partial charge in [0.05, 0.1) is 5.56 Å². The van der Waals surface area contributed by atoms with Crippen LogP contribution < -0.4 is 0 Å². The van der Waals surface area contributed by atoms with E-state index in [1.165, 1.54) is 4.48 Å². The lowest BCUT2D eigenvalue weighted by molar-refractivity contribution is 0.0695. The van der Waals surface area contributed by atoms with Crippen LogP contribution in [-0.2, 0) is 0 Å². The average Bonchev–Trinajstić information content (AvgIpc) is 2.30. The van der Waals surface area contributed by atoms with Crippen molar-refractivity contribution in [1.82, 2.24) is 0 Å². The molecule has 0 aliphatic heterocycles. The van der Waals surface area contributed by atoms with Crippen LogP contribution >= 0.6 is 15.9 Å². The van der Waals surface area contributed by atoms with Crippen molar-refractivity contribution in [3.63, 3.8) is 0 Å².